The van der Waals surface area contributed by atoms with Crippen LogP contribution in [0.3, 0.4) is 0 Å². The summed E-state index contributed by atoms with van der Waals surface area (Å²) in [5.74, 6) is -0.186. The fourth-order valence-electron chi connectivity index (χ4n) is 3.53. The summed E-state index contributed by atoms with van der Waals surface area (Å²) in [4.78, 5) is 26.3. The number of rotatable bonds is 6. The predicted octanol–water partition coefficient (Wildman–Crippen LogP) is 3.70. The van der Waals surface area contributed by atoms with Crippen molar-refractivity contribution in [3.63, 3.8) is 0 Å². The number of carbonyl (C=O) groups is 2. The van der Waals surface area contributed by atoms with Crippen LogP contribution in [0, 0.1) is 5.92 Å². The van der Waals surface area contributed by atoms with Crippen LogP contribution in [0.5, 0.6) is 0 Å². The summed E-state index contributed by atoms with van der Waals surface area (Å²) in [5, 5.41) is 3.69. The van der Waals surface area contributed by atoms with E-state index in [1.54, 1.807) is 4.90 Å². The lowest BCUT2D eigenvalue weighted by atomic mass is 9.97. The summed E-state index contributed by atoms with van der Waals surface area (Å²) < 4.78 is 0. The molecule has 0 spiro atoms. The van der Waals surface area contributed by atoms with E-state index in [0.29, 0.717) is 31.1 Å². The molecule has 4 nitrogen and oxygen atoms in total. The van der Waals surface area contributed by atoms with Crippen molar-refractivity contribution in [1.82, 2.24) is 10.2 Å². The minimum Gasteiger partial charge on any atom is -0.355 e. The Morgan fingerprint density at radius 1 is 1.24 bits per heavy atom. The molecule has 3 rings (SSSR count). The van der Waals surface area contributed by atoms with E-state index in [1.807, 2.05) is 24.3 Å². The van der Waals surface area contributed by atoms with Gasteiger partial charge in [-0.3, -0.25) is 9.59 Å². The van der Waals surface area contributed by atoms with E-state index in [2.05, 4.69) is 11.4 Å². The number of halogens is 1. The molecule has 1 saturated heterocycles. The average molecular weight is 361 g/mol. The highest BCUT2D eigenvalue weighted by molar-refractivity contribution is 6.30. The van der Waals surface area contributed by atoms with Gasteiger partial charge >= 0.3 is 0 Å². The topological polar surface area (TPSA) is 49.4 Å². The lowest BCUT2D eigenvalue weighted by Crippen LogP contribution is -2.33. The van der Waals surface area contributed by atoms with Crippen molar-refractivity contribution in [2.45, 2.75) is 45.1 Å². The molecule has 1 atom stereocenters. The first-order valence-corrected chi connectivity index (χ1v) is 9.47. The van der Waals surface area contributed by atoms with Gasteiger partial charge in [0, 0.05) is 31.1 Å². The highest BCUT2D eigenvalue weighted by atomic mass is 35.5. The van der Waals surface area contributed by atoms with E-state index in [0.717, 1.165) is 18.4 Å². The first-order valence-electron chi connectivity index (χ1n) is 9.09. The molecule has 1 fully saturated rings. The summed E-state index contributed by atoms with van der Waals surface area (Å²) in [6, 6.07) is 7.48. The Labute approximate surface area is 154 Å². The van der Waals surface area contributed by atoms with Gasteiger partial charge in [-0.25, -0.2) is 0 Å². The second-order valence-corrected chi connectivity index (χ2v) is 7.39. The van der Waals surface area contributed by atoms with Gasteiger partial charge in [-0.2, -0.15) is 0 Å². The highest BCUT2D eigenvalue weighted by Crippen LogP contribution is 2.22. The molecule has 0 aromatic heterocycles. The molecular formula is C20H25ClN2O2. The monoisotopic (exact) mass is 360 g/mol. The fourth-order valence-corrected chi connectivity index (χ4v) is 3.66. The summed E-state index contributed by atoms with van der Waals surface area (Å²) in [6.45, 7) is 1.70. The van der Waals surface area contributed by atoms with E-state index < -0.39 is 0 Å². The van der Waals surface area contributed by atoms with Crippen LogP contribution in [-0.4, -0.2) is 29.8 Å². The Hall–Kier alpha value is -1.81. The molecule has 1 heterocycles. The summed E-state index contributed by atoms with van der Waals surface area (Å²) in [6.07, 6.45) is 8.42. The van der Waals surface area contributed by atoms with Gasteiger partial charge in [0.05, 0.1) is 5.92 Å². The second-order valence-electron chi connectivity index (χ2n) is 6.95. The number of carbonyl (C=O) groups excluding carboxylic acids is 2. The van der Waals surface area contributed by atoms with Crippen molar-refractivity contribution >= 4 is 23.4 Å². The molecule has 2 amide bonds. The molecule has 1 unspecified atom stereocenters. The normalized spacial score (nSPS) is 20.5. The third-order valence-corrected chi connectivity index (χ3v) is 5.25. The molecule has 1 aromatic rings. The molecule has 1 aliphatic carbocycles. The van der Waals surface area contributed by atoms with Gasteiger partial charge in [-0.05, 0) is 49.8 Å². The zero-order valence-corrected chi connectivity index (χ0v) is 15.2. The Bertz CT molecular complexity index is 654. The minimum absolute atomic E-state index is 0.00312. The van der Waals surface area contributed by atoms with Gasteiger partial charge in [0.15, 0.2) is 0 Å². The molecule has 2 aliphatic rings. The lowest BCUT2D eigenvalue weighted by molar-refractivity contribution is -0.129. The maximum atomic E-state index is 12.3. The molecule has 1 aliphatic heterocycles. The molecule has 0 radical (unpaired) electrons. The quantitative estimate of drug-likeness (QED) is 0.786. The van der Waals surface area contributed by atoms with Gasteiger partial charge in [0.1, 0.15) is 0 Å². The molecule has 25 heavy (non-hydrogen) atoms. The van der Waals surface area contributed by atoms with Crippen LogP contribution in [0.1, 0.15) is 44.1 Å². The van der Waals surface area contributed by atoms with E-state index in [9.17, 15) is 9.59 Å². The number of likely N-dealkylation sites (tertiary alicyclic amines) is 1. The highest BCUT2D eigenvalue weighted by Gasteiger charge is 2.34. The SMILES string of the molecule is O=C(NCCC1=CCCCC1)C1CC(=O)N(Cc2ccc(Cl)cc2)C1. The third kappa shape index (κ3) is 5.08. The number of hydrogen-bond donors (Lipinski definition) is 1. The number of amides is 2. The summed E-state index contributed by atoms with van der Waals surface area (Å²) in [7, 11) is 0. The van der Waals surface area contributed by atoms with Gasteiger partial charge in [0.25, 0.3) is 0 Å². The molecule has 1 N–H and O–H groups in total. The van der Waals surface area contributed by atoms with Crippen LogP contribution < -0.4 is 5.32 Å². The van der Waals surface area contributed by atoms with E-state index in [1.165, 1.54) is 24.8 Å². The van der Waals surface area contributed by atoms with Crippen LogP contribution in [-0.2, 0) is 16.1 Å². The smallest absolute Gasteiger partial charge is 0.225 e. The van der Waals surface area contributed by atoms with Crippen molar-refractivity contribution in [2.75, 3.05) is 13.1 Å². The van der Waals surface area contributed by atoms with Gasteiger partial charge in [-0.15, -0.1) is 0 Å². The first-order chi connectivity index (χ1) is 12.1. The molecule has 5 heteroatoms. The van der Waals surface area contributed by atoms with E-state index in [4.69, 9.17) is 11.6 Å². The largest absolute Gasteiger partial charge is 0.355 e. The molecule has 0 saturated carbocycles. The van der Waals surface area contributed by atoms with Crippen LogP contribution in [0.25, 0.3) is 0 Å². The number of allylic oxidation sites excluding steroid dienone is 1. The van der Waals surface area contributed by atoms with Gasteiger partial charge in [-0.1, -0.05) is 35.4 Å². The second kappa shape index (κ2) is 8.52. The Morgan fingerprint density at radius 3 is 2.76 bits per heavy atom. The van der Waals surface area contributed by atoms with Crippen molar-refractivity contribution in [1.29, 1.82) is 0 Å². The average Bonchev–Trinajstić information content (AvgIpc) is 2.99. The maximum Gasteiger partial charge on any atom is 0.225 e. The molecule has 0 bridgehead atoms. The predicted molar refractivity (Wildman–Crippen MR) is 99.2 cm³/mol. The molecule has 134 valence electrons. The summed E-state index contributed by atoms with van der Waals surface area (Å²) in [5.41, 5.74) is 2.49. The van der Waals surface area contributed by atoms with Crippen LogP contribution in [0.15, 0.2) is 35.9 Å². The number of nitrogens with zero attached hydrogens (tertiary/aromatic N) is 1. The van der Waals surface area contributed by atoms with Crippen molar-refractivity contribution in [3.8, 4) is 0 Å². The Morgan fingerprint density at radius 2 is 2.04 bits per heavy atom. The van der Waals surface area contributed by atoms with Crippen LogP contribution >= 0.6 is 11.6 Å². The zero-order valence-electron chi connectivity index (χ0n) is 14.5. The standard InChI is InChI=1S/C20H25ClN2O2/c21-18-8-6-16(7-9-18)13-23-14-17(12-19(23)24)20(25)22-11-10-15-4-2-1-3-5-15/h4,6-9,17H,1-3,5,10-14H2,(H,22,25). The number of nitrogens with one attached hydrogen (secondary N) is 1. The van der Waals surface area contributed by atoms with Crippen molar-refractivity contribution in [2.24, 2.45) is 5.92 Å². The first kappa shape index (κ1) is 18.0. The number of benzene rings is 1. The van der Waals surface area contributed by atoms with E-state index in [-0.39, 0.29) is 17.7 Å². The van der Waals surface area contributed by atoms with Crippen molar-refractivity contribution < 1.29 is 9.59 Å². The third-order valence-electron chi connectivity index (χ3n) is 5.00. The Kier molecular flexibility index (Phi) is 6.14. The van der Waals surface area contributed by atoms with Crippen LogP contribution in [0.2, 0.25) is 5.02 Å². The lowest BCUT2D eigenvalue weighted by Gasteiger charge is -2.17. The minimum atomic E-state index is -0.236. The van der Waals surface area contributed by atoms with Gasteiger partial charge in [0.2, 0.25) is 11.8 Å². The van der Waals surface area contributed by atoms with E-state index >= 15 is 0 Å². The molecular weight excluding hydrogens is 336 g/mol. The number of hydrogen-bond acceptors (Lipinski definition) is 2. The van der Waals surface area contributed by atoms with Crippen LogP contribution in [0.4, 0.5) is 0 Å². The molecule has 1 aromatic carbocycles. The van der Waals surface area contributed by atoms with Gasteiger partial charge < -0.3 is 10.2 Å². The maximum absolute atomic E-state index is 12.3. The fraction of sp³-hybridized carbons (Fsp3) is 0.500. The zero-order chi connectivity index (χ0) is 17.6. The Balaban J connectivity index is 1.45. The van der Waals surface area contributed by atoms with Crippen molar-refractivity contribution in [3.05, 3.63) is 46.5 Å². The summed E-state index contributed by atoms with van der Waals surface area (Å²) >= 11 is 5.89.